The number of sulfonamides is 1. The normalized spacial score (nSPS) is 15.8. The molecule has 0 aliphatic carbocycles. The molecule has 0 N–H and O–H groups in total. The summed E-state index contributed by atoms with van der Waals surface area (Å²) < 4.78 is 24.9. The number of nitrogens with zero attached hydrogens (tertiary/aromatic N) is 2. The summed E-state index contributed by atoms with van der Waals surface area (Å²) in [4.78, 5) is 4.40. The average molecular weight is 254 g/mol. The zero-order chi connectivity index (χ0) is 12.5. The van der Waals surface area contributed by atoms with Gasteiger partial charge in [0.25, 0.3) is 0 Å². The second-order valence-electron chi connectivity index (χ2n) is 4.50. The monoisotopic (exact) mass is 254 g/mol. The Morgan fingerprint density at radius 1 is 1.47 bits per heavy atom. The van der Waals surface area contributed by atoms with Gasteiger partial charge < -0.3 is 0 Å². The Labute approximate surface area is 103 Å². The van der Waals surface area contributed by atoms with Gasteiger partial charge in [-0.25, -0.2) is 8.42 Å². The number of hydrogen-bond acceptors (Lipinski definition) is 3. The van der Waals surface area contributed by atoms with Crippen LogP contribution in [0.2, 0.25) is 0 Å². The van der Waals surface area contributed by atoms with Crippen molar-refractivity contribution in [2.24, 2.45) is 0 Å². The second-order valence-corrected chi connectivity index (χ2v) is 6.40. The Hall–Kier alpha value is -1.10. The molecule has 2 heterocycles. The fourth-order valence-electron chi connectivity index (χ4n) is 2.21. The van der Waals surface area contributed by atoms with Gasteiger partial charge in [0.15, 0.2) is 0 Å². The van der Waals surface area contributed by atoms with Crippen LogP contribution in [-0.4, -0.2) is 26.2 Å². The van der Waals surface area contributed by atoms with Gasteiger partial charge in [0, 0.05) is 12.7 Å². The van der Waals surface area contributed by atoms with Crippen molar-refractivity contribution in [1.29, 1.82) is 0 Å². The van der Waals surface area contributed by atoms with Crippen molar-refractivity contribution in [1.82, 2.24) is 4.98 Å². The van der Waals surface area contributed by atoms with E-state index in [4.69, 9.17) is 0 Å². The van der Waals surface area contributed by atoms with E-state index in [9.17, 15) is 8.42 Å². The largest absolute Gasteiger partial charge is 0.269 e. The minimum Gasteiger partial charge on any atom is -0.269 e. The van der Waals surface area contributed by atoms with Crippen molar-refractivity contribution in [2.45, 2.75) is 32.6 Å². The Kier molecular flexibility index (Phi) is 3.38. The molecule has 0 atom stereocenters. The molecule has 94 valence electrons. The first-order valence-corrected chi connectivity index (χ1v) is 7.82. The third-order valence-corrected chi connectivity index (χ3v) is 4.17. The summed E-state index contributed by atoms with van der Waals surface area (Å²) in [6.07, 6.45) is 6.83. The zero-order valence-corrected chi connectivity index (χ0v) is 11.1. The summed E-state index contributed by atoms with van der Waals surface area (Å²) in [5.74, 6) is 0. The molecule has 4 nitrogen and oxygen atoms in total. The topological polar surface area (TPSA) is 50.3 Å². The third-order valence-electron chi connectivity index (χ3n) is 2.99. The summed E-state index contributed by atoms with van der Waals surface area (Å²) in [5, 5.41) is 0. The Bertz CT molecular complexity index is 511. The summed E-state index contributed by atoms with van der Waals surface area (Å²) in [6.45, 7) is 2.68. The van der Waals surface area contributed by atoms with Gasteiger partial charge in [-0.15, -0.1) is 0 Å². The molecule has 0 fully saturated rings. The van der Waals surface area contributed by atoms with Crippen LogP contribution >= 0.6 is 0 Å². The highest BCUT2D eigenvalue weighted by molar-refractivity contribution is 7.92. The predicted octanol–water partition coefficient (Wildman–Crippen LogP) is 1.75. The van der Waals surface area contributed by atoms with Crippen LogP contribution in [0.4, 0.5) is 5.69 Å². The molecule has 2 rings (SSSR count). The van der Waals surface area contributed by atoms with E-state index in [1.165, 1.54) is 10.6 Å². The van der Waals surface area contributed by atoms with Crippen molar-refractivity contribution < 1.29 is 8.42 Å². The number of rotatable bonds is 3. The average Bonchev–Trinajstić information content (AvgIpc) is 2.27. The van der Waals surface area contributed by atoms with Crippen molar-refractivity contribution >= 4 is 15.7 Å². The molecule has 1 aromatic rings. The number of pyridine rings is 1. The minimum absolute atomic E-state index is 0.573. The van der Waals surface area contributed by atoms with E-state index in [2.05, 4.69) is 11.9 Å². The Morgan fingerprint density at radius 3 is 2.88 bits per heavy atom. The lowest BCUT2D eigenvalue weighted by Gasteiger charge is -2.28. The van der Waals surface area contributed by atoms with Gasteiger partial charge in [0.1, 0.15) is 0 Å². The van der Waals surface area contributed by atoms with Crippen LogP contribution in [0.1, 0.15) is 31.0 Å². The first-order valence-electron chi connectivity index (χ1n) is 5.98. The van der Waals surface area contributed by atoms with Gasteiger partial charge in [0.2, 0.25) is 10.0 Å². The standard InChI is InChI=1S/C12H18N2O2S/c1-3-5-10-8-12-11(13-9-10)6-4-7-14(12)17(2,15)16/h8-9H,3-7H2,1-2H3. The lowest BCUT2D eigenvalue weighted by Crippen LogP contribution is -2.35. The van der Waals surface area contributed by atoms with Crippen LogP contribution in [0, 0.1) is 0 Å². The van der Waals surface area contributed by atoms with E-state index in [-0.39, 0.29) is 0 Å². The number of aryl methyl sites for hydroxylation is 2. The summed E-state index contributed by atoms with van der Waals surface area (Å²) in [5.41, 5.74) is 2.80. The van der Waals surface area contributed by atoms with E-state index in [1.54, 1.807) is 0 Å². The van der Waals surface area contributed by atoms with E-state index >= 15 is 0 Å². The van der Waals surface area contributed by atoms with Crippen LogP contribution in [0.3, 0.4) is 0 Å². The molecular weight excluding hydrogens is 236 g/mol. The molecule has 0 spiro atoms. The quantitative estimate of drug-likeness (QED) is 0.825. The first-order chi connectivity index (χ1) is 8.02. The van der Waals surface area contributed by atoms with Crippen LogP contribution in [0.25, 0.3) is 0 Å². The van der Waals surface area contributed by atoms with Gasteiger partial charge in [-0.2, -0.15) is 0 Å². The third kappa shape index (κ3) is 2.60. The molecule has 0 bridgehead atoms. The van der Waals surface area contributed by atoms with Crippen LogP contribution in [-0.2, 0) is 22.9 Å². The van der Waals surface area contributed by atoms with E-state index < -0.39 is 10.0 Å². The smallest absolute Gasteiger partial charge is 0.232 e. The minimum atomic E-state index is -3.18. The van der Waals surface area contributed by atoms with Crippen LogP contribution < -0.4 is 4.31 Å². The number of aromatic nitrogens is 1. The molecule has 0 aromatic carbocycles. The first kappa shape index (κ1) is 12.4. The highest BCUT2D eigenvalue weighted by atomic mass is 32.2. The van der Waals surface area contributed by atoms with Gasteiger partial charge in [-0.05, 0) is 30.9 Å². The van der Waals surface area contributed by atoms with Crippen molar-refractivity contribution in [3.05, 3.63) is 23.5 Å². The lowest BCUT2D eigenvalue weighted by molar-refractivity contribution is 0.591. The van der Waals surface area contributed by atoms with Crippen LogP contribution in [0.15, 0.2) is 12.3 Å². The van der Waals surface area contributed by atoms with Gasteiger partial charge in [-0.3, -0.25) is 9.29 Å². The number of anilines is 1. The zero-order valence-electron chi connectivity index (χ0n) is 10.3. The second kappa shape index (κ2) is 4.64. The molecule has 1 aliphatic rings. The number of hydrogen-bond donors (Lipinski definition) is 0. The fourth-order valence-corrected chi connectivity index (χ4v) is 3.19. The van der Waals surface area contributed by atoms with Crippen molar-refractivity contribution in [3.8, 4) is 0 Å². The molecule has 0 saturated heterocycles. The van der Waals surface area contributed by atoms with E-state index in [1.807, 2.05) is 12.3 Å². The maximum absolute atomic E-state index is 11.7. The Balaban J connectivity index is 2.44. The van der Waals surface area contributed by atoms with Gasteiger partial charge >= 0.3 is 0 Å². The highest BCUT2D eigenvalue weighted by Gasteiger charge is 2.24. The van der Waals surface area contributed by atoms with Crippen molar-refractivity contribution in [3.63, 3.8) is 0 Å². The van der Waals surface area contributed by atoms with E-state index in [0.717, 1.165) is 42.6 Å². The van der Waals surface area contributed by atoms with Gasteiger partial charge in [-0.1, -0.05) is 13.3 Å². The van der Waals surface area contributed by atoms with E-state index in [0.29, 0.717) is 6.54 Å². The fraction of sp³-hybridized carbons (Fsp3) is 0.583. The SMILES string of the molecule is CCCc1cnc2c(c1)N(S(C)(=O)=O)CCC2. The van der Waals surface area contributed by atoms with Crippen LogP contribution in [0.5, 0.6) is 0 Å². The molecule has 5 heteroatoms. The molecular formula is C12H18N2O2S. The summed E-state index contributed by atoms with van der Waals surface area (Å²) >= 11 is 0. The number of fused-ring (bicyclic) bond motifs is 1. The summed E-state index contributed by atoms with van der Waals surface area (Å²) in [6, 6.07) is 1.98. The predicted molar refractivity (Wildman–Crippen MR) is 68.7 cm³/mol. The highest BCUT2D eigenvalue weighted by Crippen LogP contribution is 2.28. The molecule has 0 amide bonds. The maximum Gasteiger partial charge on any atom is 0.232 e. The summed E-state index contributed by atoms with van der Waals surface area (Å²) in [7, 11) is -3.18. The maximum atomic E-state index is 11.7. The molecule has 1 aromatic heterocycles. The Morgan fingerprint density at radius 2 is 2.24 bits per heavy atom. The van der Waals surface area contributed by atoms with Gasteiger partial charge in [0.05, 0.1) is 17.6 Å². The lowest BCUT2D eigenvalue weighted by atomic mass is 10.1. The molecule has 0 saturated carbocycles. The molecule has 0 radical (unpaired) electrons. The van der Waals surface area contributed by atoms with Crippen molar-refractivity contribution in [2.75, 3.05) is 17.1 Å². The molecule has 17 heavy (non-hydrogen) atoms. The molecule has 0 unspecified atom stereocenters. The molecule has 1 aliphatic heterocycles.